The van der Waals surface area contributed by atoms with Crippen LogP contribution in [0.15, 0.2) is 47.9 Å². The first-order valence-corrected chi connectivity index (χ1v) is 15.7. The molecule has 0 saturated carbocycles. The second kappa shape index (κ2) is 7.97. The molecule has 4 rings (SSSR count). The molecule has 172 valence electrons. The second-order valence-electron chi connectivity index (χ2n) is 10.1. The molecule has 1 fully saturated rings. The highest BCUT2D eigenvalue weighted by molar-refractivity contribution is 7.90. The topological polar surface area (TPSA) is 77.3 Å². The van der Waals surface area contributed by atoms with Crippen molar-refractivity contribution in [3.8, 4) is 5.82 Å². The number of hydrogen-bond acceptors (Lipinski definition) is 6. The zero-order valence-electron chi connectivity index (χ0n) is 19.7. The van der Waals surface area contributed by atoms with Crippen molar-refractivity contribution >= 4 is 34.7 Å². The fraction of sp³-hybridized carbons (Fsp3) is 0.478. The SMILES string of the molecule is CC(C)(C)[Si](C)(C)OC1CCN(c2cccc3c2ccn3-c2ccnc(S(C)(=O)=O)n2)C1. The normalized spacial score (nSPS) is 17.9. The standard InChI is InChI=1S/C23H32N4O3SSi/c1-23(2,3)32(5,6)30-17-11-14-26(16-17)19-8-7-9-20-18(19)12-15-27(20)21-10-13-24-22(25-21)31(4,28)29/h7-10,12-13,15,17H,11,14,16H2,1-6H3. The van der Waals surface area contributed by atoms with Gasteiger partial charge in [0.25, 0.3) is 0 Å². The summed E-state index contributed by atoms with van der Waals surface area (Å²) in [5.74, 6) is 0.535. The van der Waals surface area contributed by atoms with Gasteiger partial charge in [-0.3, -0.25) is 0 Å². The highest BCUT2D eigenvalue weighted by Gasteiger charge is 2.40. The van der Waals surface area contributed by atoms with Crippen LogP contribution in [0.4, 0.5) is 5.69 Å². The van der Waals surface area contributed by atoms with Crippen LogP contribution in [0, 0.1) is 0 Å². The Hall–Kier alpha value is -2.23. The van der Waals surface area contributed by atoms with Gasteiger partial charge in [-0.15, -0.1) is 0 Å². The maximum Gasteiger partial charge on any atom is 0.248 e. The molecule has 32 heavy (non-hydrogen) atoms. The Kier molecular flexibility index (Phi) is 5.71. The van der Waals surface area contributed by atoms with Crippen LogP contribution >= 0.6 is 0 Å². The predicted molar refractivity (Wildman–Crippen MR) is 131 cm³/mol. The van der Waals surface area contributed by atoms with Crippen LogP contribution in [0.2, 0.25) is 18.1 Å². The van der Waals surface area contributed by atoms with E-state index in [1.165, 1.54) is 11.9 Å². The zero-order chi connectivity index (χ0) is 23.3. The van der Waals surface area contributed by atoms with Gasteiger partial charge in [0.2, 0.25) is 15.0 Å². The summed E-state index contributed by atoms with van der Waals surface area (Å²) in [5.41, 5.74) is 2.15. The molecule has 0 spiro atoms. The lowest BCUT2D eigenvalue weighted by Gasteiger charge is -2.38. The molecule has 0 radical (unpaired) electrons. The molecule has 1 aromatic carbocycles. The van der Waals surface area contributed by atoms with Crippen molar-refractivity contribution in [1.29, 1.82) is 0 Å². The molecule has 1 aliphatic heterocycles. The van der Waals surface area contributed by atoms with E-state index in [-0.39, 0.29) is 16.3 Å². The lowest BCUT2D eigenvalue weighted by atomic mass is 10.2. The molecule has 0 bridgehead atoms. The van der Waals surface area contributed by atoms with Crippen LogP contribution in [-0.4, -0.2) is 56.7 Å². The third-order valence-electron chi connectivity index (χ3n) is 6.66. The fourth-order valence-corrected chi connectivity index (χ4v) is 5.80. The molecular formula is C23H32N4O3SSi. The van der Waals surface area contributed by atoms with Crippen molar-refractivity contribution in [1.82, 2.24) is 14.5 Å². The van der Waals surface area contributed by atoms with Crippen LogP contribution in [-0.2, 0) is 14.3 Å². The molecule has 0 N–H and O–H groups in total. The van der Waals surface area contributed by atoms with Crippen LogP contribution in [0.3, 0.4) is 0 Å². The monoisotopic (exact) mass is 472 g/mol. The summed E-state index contributed by atoms with van der Waals surface area (Å²) in [6.07, 6.45) is 5.80. The highest BCUT2D eigenvalue weighted by Crippen LogP contribution is 2.39. The van der Waals surface area contributed by atoms with Crippen molar-refractivity contribution in [3.63, 3.8) is 0 Å². The number of rotatable bonds is 5. The third kappa shape index (κ3) is 4.33. The van der Waals surface area contributed by atoms with Gasteiger partial charge in [-0.25, -0.2) is 18.4 Å². The first kappa shape index (κ1) is 22.9. The fourth-order valence-electron chi connectivity index (χ4n) is 3.91. The Morgan fingerprint density at radius 1 is 1.16 bits per heavy atom. The van der Waals surface area contributed by atoms with Crippen molar-refractivity contribution in [2.24, 2.45) is 0 Å². The number of fused-ring (bicyclic) bond motifs is 1. The van der Waals surface area contributed by atoms with Gasteiger partial charge < -0.3 is 13.9 Å². The van der Waals surface area contributed by atoms with Crippen molar-refractivity contribution < 1.29 is 12.8 Å². The van der Waals surface area contributed by atoms with Gasteiger partial charge >= 0.3 is 0 Å². The smallest absolute Gasteiger partial charge is 0.248 e. The summed E-state index contributed by atoms with van der Waals surface area (Å²) in [7, 11) is -5.29. The van der Waals surface area contributed by atoms with Gasteiger partial charge in [0.1, 0.15) is 5.82 Å². The molecule has 2 aromatic heterocycles. The number of anilines is 1. The van der Waals surface area contributed by atoms with Gasteiger partial charge in [0, 0.05) is 42.8 Å². The second-order valence-corrected chi connectivity index (χ2v) is 16.8. The summed E-state index contributed by atoms with van der Waals surface area (Å²) in [4.78, 5) is 10.6. The Bertz CT molecular complexity index is 1250. The summed E-state index contributed by atoms with van der Waals surface area (Å²) in [5, 5.41) is 1.14. The van der Waals surface area contributed by atoms with Gasteiger partial charge in [0.15, 0.2) is 8.32 Å². The molecule has 9 heteroatoms. The Morgan fingerprint density at radius 2 is 1.91 bits per heavy atom. The van der Waals surface area contributed by atoms with E-state index in [4.69, 9.17) is 4.43 Å². The van der Waals surface area contributed by atoms with E-state index in [0.29, 0.717) is 5.82 Å². The van der Waals surface area contributed by atoms with Crippen molar-refractivity contribution in [3.05, 3.63) is 42.7 Å². The van der Waals surface area contributed by atoms with E-state index in [1.807, 2.05) is 22.9 Å². The van der Waals surface area contributed by atoms with Crippen molar-refractivity contribution in [2.45, 2.75) is 56.6 Å². The minimum Gasteiger partial charge on any atom is -0.412 e. The number of nitrogens with zero attached hydrogens (tertiary/aromatic N) is 4. The molecule has 1 atom stereocenters. The molecular weight excluding hydrogens is 440 g/mol. The Balaban J connectivity index is 1.63. The minimum atomic E-state index is -3.48. The first-order valence-electron chi connectivity index (χ1n) is 10.9. The number of aromatic nitrogens is 3. The van der Waals surface area contributed by atoms with E-state index in [1.54, 1.807) is 6.07 Å². The average Bonchev–Trinajstić information content (AvgIpc) is 3.33. The molecule has 3 aromatic rings. The number of sulfone groups is 1. The highest BCUT2D eigenvalue weighted by atomic mass is 32.2. The van der Waals surface area contributed by atoms with E-state index in [9.17, 15) is 8.42 Å². The van der Waals surface area contributed by atoms with E-state index >= 15 is 0 Å². The molecule has 0 aliphatic carbocycles. The molecule has 1 unspecified atom stereocenters. The van der Waals surface area contributed by atoms with Crippen LogP contribution in [0.1, 0.15) is 27.2 Å². The Morgan fingerprint density at radius 3 is 2.59 bits per heavy atom. The molecule has 3 heterocycles. The summed E-state index contributed by atoms with van der Waals surface area (Å²) >= 11 is 0. The average molecular weight is 473 g/mol. The van der Waals surface area contributed by atoms with Gasteiger partial charge in [-0.1, -0.05) is 26.8 Å². The van der Waals surface area contributed by atoms with Crippen LogP contribution in [0.5, 0.6) is 0 Å². The lowest BCUT2D eigenvalue weighted by molar-refractivity contribution is 0.202. The van der Waals surface area contributed by atoms with Gasteiger partial charge in [-0.2, -0.15) is 0 Å². The molecule has 1 saturated heterocycles. The maximum absolute atomic E-state index is 11.9. The predicted octanol–water partition coefficient (Wildman–Crippen LogP) is 4.42. The minimum absolute atomic E-state index is 0.168. The summed E-state index contributed by atoms with van der Waals surface area (Å²) in [6, 6.07) is 9.99. The number of benzene rings is 1. The first-order chi connectivity index (χ1) is 14.9. The van der Waals surface area contributed by atoms with Gasteiger partial charge in [-0.05, 0) is 48.8 Å². The van der Waals surface area contributed by atoms with Crippen LogP contribution in [0.25, 0.3) is 16.7 Å². The molecule has 7 nitrogen and oxygen atoms in total. The Labute approximate surface area is 191 Å². The lowest BCUT2D eigenvalue weighted by Crippen LogP contribution is -2.44. The largest absolute Gasteiger partial charge is 0.412 e. The third-order valence-corrected chi connectivity index (χ3v) is 12.1. The quantitative estimate of drug-likeness (QED) is 0.404. The summed E-state index contributed by atoms with van der Waals surface area (Å²) in [6.45, 7) is 13.3. The van der Waals surface area contributed by atoms with E-state index in [0.717, 1.165) is 36.7 Å². The molecule has 0 amide bonds. The zero-order valence-corrected chi connectivity index (χ0v) is 21.5. The summed E-state index contributed by atoms with van der Waals surface area (Å²) < 4.78 is 32.4. The van der Waals surface area contributed by atoms with E-state index in [2.05, 4.69) is 60.9 Å². The van der Waals surface area contributed by atoms with E-state index < -0.39 is 18.2 Å². The number of hydrogen-bond donors (Lipinski definition) is 0. The van der Waals surface area contributed by atoms with Crippen LogP contribution < -0.4 is 4.90 Å². The van der Waals surface area contributed by atoms with Crippen molar-refractivity contribution in [2.75, 3.05) is 24.2 Å². The van der Waals surface area contributed by atoms with Gasteiger partial charge in [0.05, 0.1) is 11.6 Å². The maximum atomic E-state index is 11.9. The molecule has 1 aliphatic rings.